The van der Waals surface area contributed by atoms with Gasteiger partial charge in [-0.15, -0.1) is 0 Å². The largest absolute Gasteiger partial charge is 0.348 e. The van der Waals surface area contributed by atoms with Crippen LogP contribution in [0, 0.1) is 0 Å². The molecule has 2 aliphatic heterocycles. The summed E-state index contributed by atoms with van der Waals surface area (Å²) in [5, 5.41) is 5.56. The highest BCUT2D eigenvalue weighted by atomic mass is 32.2. The minimum atomic E-state index is -3.56. The first-order valence-electron chi connectivity index (χ1n) is 14.0. The third-order valence-corrected chi connectivity index (χ3v) is 10.3. The second-order valence-electron chi connectivity index (χ2n) is 10.6. The molecule has 0 saturated carbocycles. The van der Waals surface area contributed by atoms with Gasteiger partial charge in [0.05, 0.1) is 21.2 Å². The lowest BCUT2D eigenvalue weighted by Gasteiger charge is -2.35. The third-order valence-electron chi connectivity index (χ3n) is 7.46. The molecule has 11 heteroatoms. The van der Waals surface area contributed by atoms with Gasteiger partial charge in [0.1, 0.15) is 0 Å². The van der Waals surface area contributed by atoms with Crippen molar-refractivity contribution in [2.45, 2.75) is 11.4 Å². The highest BCUT2D eigenvalue weighted by molar-refractivity contribution is 8.18. The maximum atomic E-state index is 13.1. The molecule has 1 aromatic heterocycles. The minimum absolute atomic E-state index is 0.201. The van der Waals surface area contributed by atoms with Crippen molar-refractivity contribution in [1.29, 1.82) is 0 Å². The quantitative estimate of drug-likeness (QED) is 0.282. The topological polar surface area (TPSA) is 91.1 Å². The Morgan fingerprint density at radius 1 is 0.884 bits per heavy atom. The van der Waals surface area contributed by atoms with Gasteiger partial charge in [0.15, 0.2) is 5.17 Å². The molecule has 0 N–H and O–H groups in total. The van der Waals surface area contributed by atoms with Gasteiger partial charge in [-0.05, 0) is 47.7 Å². The molecule has 43 heavy (non-hydrogen) atoms. The van der Waals surface area contributed by atoms with Crippen LogP contribution in [0.15, 0.2) is 106 Å². The molecule has 0 unspecified atom stereocenters. The molecule has 3 aromatic carbocycles. The number of amides is 1. The van der Waals surface area contributed by atoms with Crippen molar-refractivity contribution in [2.24, 2.45) is 4.99 Å². The SMILES string of the molecule is CN(C)S(=O)(=O)c1ccc(-c2nn(-c3ccccc3)cc2/C=C2\SC(N3CCN(Cc4ccccc4)CC3)=NC2=O)cc1. The summed E-state index contributed by atoms with van der Waals surface area (Å²) in [6, 6.07) is 26.8. The molecule has 6 rings (SSSR count). The molecular weight excluding hydrogens is 581 g/mol. The number of thioether (sulfide) groups is 1. The van der Waals surface area contributed by atoms with Crippen molar-refractivity contribution in [3.63, 3.8) is 0 Å². The van der Waals surface area contributed by atoms with E-state index in [0.29, 0.717) is 10.6 Å². The molecule has 1 saturated heterocycles. The van der Waals surface area contributed by atoms with E-state index < -0.39 is 10.0 Å². The third kappa shape index (κ3) is 6.35. The standard InChI is InChI=1S/C32H32N6O3S2/c1-35(2)43(40,41)28-15-13-25(14-16-28)30-26(23-38(34-30)27-11-7-4-8-12-27)21-29-31(39)33-32(42-29)37-19-17-36(18-20-37)22-24-9-5-3-6-10-24/h3-16,21,23H,17-20,22H2,1-2H3/b29-21-. The lowest BCUT2D eigenvalue weighted by Crippen LogP contribution is -2.47. The number of benzene rings is 3. The zero-order chi connectivity index (χ0) is 30.0. The molecule has 9 nitrogen and oxygen atoms in total. The molecular formula is C32H32N6O3S2. The smallest absolute Gasteiger partial charge is 0.286 e. The first-order valence-corrected chi connectivity index (χ1v) is 16.3. The molecule has 1 fully saturated rings. The summed E-state index contributed by atoms with van der Waals surface area (Å²) in [7, 11) is -0.549. The van der Waals surface area contributed by atoms with E-state index in [-0.39, 0.29) is 10.8 Å². The van der Waals surface area contributed by atoms with Gasteiger partial charge >= 0.3 is 0 Å². The maximum Gasteiger partial charge on any atom is 0.286 e. The first-order chi connectivity index (χ1) is 20.8. The molecule has 3 heterocycles. The first kappa shape index (κ1) is 29.1. The number of aliphatic imine (C=N–C) groups is 1. The number of rotatable bonds is 7. The fraction of sp³-hybridized carbons (Fsp3) is 0.219. The average molecular weight is 613 g/mol. The highest BCUT2D eigenvalue weighted by Crippen LogP contribution is 2.34. The van der Waals surface area contributed by atoms with Crippen molar-refractivity contribution in [1.82, 2.24) is 23.9 Å². The van der Waals surface area contributed by atoms with E-state index in [2.05, 4.69) is 39.1 Å². The van der Waals surface area contributed by atoms with Gasteiger partial charge in [-0.1, -0.05) is 60.7 Å². The second kappa shape index (κ2) is 12.3. The van der Waals surface area contributed by atoms with Crippen molar-refractivity contribution in [3.8, 4) is 16.9 Å². The van der Waals surface area contributed by atoms with Crippen molar-refractivity contribution < 1.29 is 13.2 Å². The van der Waals surface area contributed by atoms with Crippen LogP contribution in [-0.2, 0) is 21.4 Å². The Hall–Kier alpha value is -4.03. The normalized spacial score (nSPS) is 17.2. The van der Waals surface area contributed by atoms with Crippen LogP contribution >= 0.6 is 11.8 Å². The number of carbonyl (C=O) groups excluding carboxylic acids is 1. The minimum Gasteiger partial charge on any atom is -0.348 e. The van der Waals surface area contributed by atoms with Crippen LogP contribution < -0.4 is 0 Å². The molecule has 1 amide bonds. The molecule has 4 aromatic rings. The summed E-state index contributed by atoms with van der Waals surface area (Å²) in [4.78, 5) is 22.8. The number of aromatic nitrogens is 2. The Labute approximate surface area is 256 Å². The van der Waals surface area contributed by atoms with E-state index in [1.165, 1.54) is 35.7 Å². The Bertz CT molecular complexity index is 1780. The van der Waals surface area contributed by atoms with Gasteiger partial charge in [-0.2, -0.15) is 10.1 Å². The van der Waals surface area contributed by atoms with Crippen LogP contribution in [0.3, 0.4) is 0 Å². The molecule has 0 aliphatic carbocycles. The van der Waals surface area contributed by atoms with Crippen LogP contribution in [0.2, 0.25) is 0 Å². The number of amidine groups is 1. The number of piperazine rings is 1. The van der Waals surface area contributed by atoms with Gasteiger partial charge < -0.3 is 4.90 Å². The molecule has 220 valence electrons. The summed E-state index contributed by atoms with van der Waals surface area (Å²) >= 11 is 1.39. The van der Waals surface area contributed by atoms with E-state index in [9.17, 15) is 13.2 Å². The maximum absolute atomic E-state index is 13.1. The number of nitrogens with zero attached hydrogens (tertiary/aromatic N) is 6. The fourth-order valence-electron chi connectivity index (χ4n) is 5.04. The zero-order valence-electron chi connectivity index (χ0n) is 24.0. The fourth-order valence-corrected chi connectivity index (χ4v) is 6.90. The van der Waals surface area contributed by atoms with Gasteiger partial charge in [0.2, 0.25) is 10.0 Å². The van der Waals surface area contributed by atoms with E-state index in [0.717, 1.165) is 54.7 Å². The highest BCUT2D eigenvalue weighted by Gasteiger charge is 2.29. The predicted molar refractivity (Wildman–Crippen MR) is 171 cm³/mol. The summed E-state index contributed by atoms with van der Waals surface area (Å²) in [6.07, 6.45) is 3.72. The van der Waals surface area contributed by atoms with Gasteiger partial charge in [-0.25, -0.2) is 17.4 Å². The lowest BCUT2D eigenvalue weighted by atomic mass is 10.1. The monoisotopic (exact) mass is 612 g/mol. The molecule has 0 radical (unpaired) electrons. The van der Waals surface area contributed by atoms with Gasteiger partial charge in [-0.3, -0.25) is 9.69 Å². The van der Waals surface area contributed by atoms with E-state index in [1.807, 2.05) is 48.7 Å². The molecule has 2 aliphatic rings. The second-order valence-corrected chi connectivity index (χ2v) is 13.7. The van der Waals surface area contributed by atoms with Gasteiger partial charge in [0, 0.05) is 64.1 Å². The van der Waals surface area contributed by atoms with Crippen molar-refractivity contribution in [3.05, 3.63) is 107 Å². The molecule has 0 spiro atoms. The van der Waals surface area contributed by atoms with Crippen LogP contribution in [0.5, 0.6) is 0 Å². The molecule has 0 bridgehead atoms. The van der Waals surface area contributed by atoms with Crippen molar-refractivity contribution >= 4 is 38.9 Å². The number of hydrogen-bond donors (Lipinski definition) is 0. The average Bonchev–Trinajstić information content (AvgIpc) is 3.62. The Balaban J connectivity index is 1.23. The van der Waals surface area contributed by atoms with Crippen LogP contribution in [0.4, 0.5) is 0 Å². The summed E-state index contributed by atoms with van der Waals surface area (Å²) in [6.45, 7) is 4.32. The summed E-state index contributed by atoms with van der Waals surface area (Å²) < 4.78 is 28.2. The van der Waals surface area contributed by atoms with Crippen LogP contribution in [-0.4, -0.2) is 83.7 Å². The predicted octanol–water partition coefficient (Wildman–Crippen LogP) is 4.58. The number of sulfonamides is 1. The number of para-hydroxylation sites is 1. The molecule has 0 atom stereocenters. The number of carbonyl (C=O) groups is 1. The van der Waals surface area contributed by atoms with Crippen LogP contribution in [0.1, 0.15) is 11.1 Å². The Morgan fingerprint density at radius 2 is 1.53 bits per heavy atom. The van der Waals surface area contributed by atoms with Gasteiger partial charge in [0.25, 0.3) is 5.91 Å². The lowest BCUT2D eigenvalue weighted by molar-refractivity contribution is -0.113. The van der Waals surface area contributed by atoms with E-state index in [1.54, 1.807) is 28.9 Å². The van der Waals surface area contributed by atoms with Crippen molar-refractivity contribution in [2.75, 3.05) is 40.3 Å². The van der Waals surface area contributed by atoms with E-state index >= 15 is 0 Å². The zero-order valence-corrected chi connectivity index (χ0v) is 25.6. The number of hydrogen-bond acceptors (Lipinski definition) is 7. The Morgan fingerprint density at radius 3 is 2.19 bits per heavy atom. The van der Waals surface area contributed by atoms with E-state index in [4.69, 9.17) is 5.10 Å². The summed E-state index contributed by atoms with van der Waals surface area (Å²) in [5.41, 5.74) is 4.29. The Kier molecular flexibility index (Phi) is 8.31. The van der Waals surface area contributed by atoms with Crippen LogP contribution in [0.25, 0.3) is 23.0 Å². The summed E-state index contributed by atoms with van der Waals surface area (Å²) in [5.74, 6) is -0.266.